The van der Waals surface area contributed by atoms with Gasteiger partial charge < -0.3 is 16.4 Å². The van der Waals surface area contributed by atoms with E-state index in [1.54, 1.807) is 0 Å². The molecule has 1 aliphatic rings. The van der Waals surface area contributed by atoms with Crippen LogP contribution in [0.15, 0.2) is 12.1 Å². The molecule has 2 rings (SSSR count). The number of hydrogen-bond donors (Lipinski definition) is 3. The van der Waals surface area contributed by atoms with E-state index in [0.717, 1.165) is 42.0 Å². The number of carbonyl (C=O) groups is 1. The van der Waals surface area contributed by atoms with Crippen molar-refractivity contribution in [3.05, 3.63) is 17.7 Å². The Morgan fingerprint density at radius 3 is 2.74 bits per heavy atom. The molecule has 19 heavy (non-hydrogen) atoms. The van der Waals surface area contributed by atoms with Gasteiger partial charge in [0.15, 0.2) is 0 Å². The predicted molar refractivity (Wildman–Crippen MR) is 80.4 cm³/mol. The Morgan fingerprint density at radius 1 is 1.32 bits per heavy atom. The first-order valence-corrected chi connectivity index (χ1v) is 6.81. The fourth-order valence-electron chi connectivity index (χ4n) is 2.17. The van der Waals surface area contributed by atoms with Gasteiger partial charge in [-0.15, -0.1) is 0 Å². The Balaban J connectivity index is 2.09. The zero-order valence-corrected chi connectivity index (χ0v) is 12.0. The molecule has 0 unspecified atom stereocenters. The summed E-state index contributed by atoms with van der Waals surface area (Å²) in [4.78, 5) is 11.4. The van der Waals surface area contributed by atoms with Crippen LogP contribution in [0.4, 0.5) is 17.1 Å². The molecule has 1 aromatic rings. The van der Waals surface area contributed by atoms with Crippen LogP contribution in [0.2, 0.25) is 0 Å². The highest BCUT2D eigenvalue weighted by Crippen LogP contribution is 2.31. The van der Waals surface area contributed by atoms with Crippen molar-refractivity contribution in [1.82, 2.24) is 0 Å². The van der Waals surface area contributed by atoms with Crippen molar-refractivity contribution in [2.75, 3.05) is 22.9 Å². The largest absolute Gasteiger partial charge is 0.397 e. The van der Waals surface area contributed by atoms with Gasteiger partial charge in [0.25, 0.3) is 0 Å². The lowest BCUT2D eigenvalue weighted by molar-refractivity contribution is -0.116. The number of benzene rings is 1. The Morgan fingerprint density at radius 2 is 2.05 bits per heavy atom. The smallest absolute Gasteiger partial charge is 0.224 e. The van der Waals surface area contributed by atoms with Crippen molar-refractivity contribution in [2.45, 2.75) is 40.0 Å². The van der Waals surface area contributed by atoms with Gasteiger partial charge in [0, 0.05) is 18.7 Å². The number of amides is 1. The van der Waals surface area contributed by atoms with Gasteiger partial charge in [0.1, 0.15) is 0 Å². The molecular formula is C15H23N3O. The molecule has 1 amide bonds. The van der Waals surface area contributed by atoms with Crippen molar-refractivity contribution in [1.29, 1.82) is 0 Å². The molecule has 0 atom stereocenters. The molecule has 0 aliphatic carbocycles. The Labute approximate surface area is 114 Å². The molecule has 104 valence electrons. The van der Waals surface area contributed by atoms with Crippen LogP contribution in [-0.2, 0) is 11.2 Å². The first-order chi connectivity index (χ1) is 8.85. The van der Waals surface area contributed by atoms with Crippen molar-refractivity contribution in [2.24, 2.45) is 5.41 Å². The molecule has 0 saturated heterocycles. The normalized spacial score (nSPS) is 14.8. The molecule has 0 saturated carbocycles. The number of aryl methyl sites for hydroxylation is 1. The number of anilines is 3. The molecular weight excluding hydrogens is 238 g/mol. The summed E-state index contributed by atoms with van der Waals surface area (Å²) in [7, 11) is 0. The average Bonchev–Trinajstić information content (AvgIpc) is 2.29. The van der Waals surface area contributed by atoms with Gasteiger partial charge >= 0.3 is 0 Å². The van der Waals surface area contributed by atoms with E-state index in [2.05, 4.69) is 31.4 Å². The van der Waals surface area contributed by atoms with Crippen molar-refractivity contribution in [3.8, 4) is 0 Å². The average molecular weight is 261 g/mol. The predicted octanol–water partition coefficient (Wildman–Crippen LogP) is 3.00. The summed E-state index contributed by atoms with van der Waals surface area (Å²) in [5, 5.41) is 6.26. The third-order valence-electron chi connectivity index (χ3n) is 3.36. The highest BCUT2D eigenvalue weighted by Gasteiger charge is 2.17. The van der Waals surface area contributed by atoms with E-state index in [0.29, 0.717) is 11.8 Å². The molecule has 1 aromatic carbocycles. The van der Waals surface area contributed by atoms with Crippen LogP contribution in [0, 0.1) is 5.41 Å². The maximum Gasteiger partial charge on any atom is 0.224 e. The van der Waals surface area contributed by atoms with E-state index in [9.17, 15) is 4.79 Å². The lowest BCUT2D eigenvalue weighted by Gasteiger charge is -2.22. The molecule has 4 N–H and O–H groups in total. The molecule has 0 fully saturated rings. The molecule has 0 bridgehead atoms. The second-order valence-electron chi connectivity index (χ2n) is 6.38. The van der Waals surface area contributed by atoms with Gasteiger partial charge in [-0.1, -0.05) is 20.8 Å². The van der Waals surface area contributed by atoms with Crippen LogP contribution >= 0.6 is 0 Å². The fourth-order valence-corrected chi connectivity index (χ4v) is 2.17. The summed E-state index contributed by atoms with van der Waals surface area (Å²) >= 11 is 0. The van der Waals surface area contributed by atoms with Gasteiger partial charge in [-0.25, -0.2) is 0 Å². The van der Waals surface area contributed by atoms with Gasteiger partial charge in [-0.3, -0.25) is 4.79 Å². The van der Waals surface area contributed by atoms with Gasteiger partial charge in [-0.2, -0.15) is 0 Å². The highest BCUT2D eigenvalue weighted by molar-refractivity contribution is 5.95. The molecule has 0 spiro atoms. The summed E-state index contributed by atoms with van der Waals surface area (Å²) in [5.41, 5.74) is 10.0. The topological polar surface area (TPSA) is 67.1 Å². The fraction of sp³-hybridized carbons (Fsp3) is 0.533. The third kappa shape index (κ3) is 3.63. The maximum atomic E-state index is 11.4. The van der Waals surface area contributed by atoms with E-state index < -0.39 is 0 Å². The zero-order chi connectivity index (χ0) is 14.0. The minimum Gasteiger partial charge on any atom is -0.397 e. The first-order valence-electron chi connectivity index (χ1n) is 6.81. The maximum absolute atomic E-state index is 11.4. The van der Waals surface area contributed by atoms with E-state index >= 15 is 0 Å². The Bertz CT molecular complexity index is 489. The summed E-state index contributed by atoms with van der Waals surface area (Å²) in [6.45, 7) is 7.52. The van der Waals surface area contributed by atoms with Crippen LogP contribution in [0.3, 0.4) is 0 Å². The van der Waals surface area contributed by atoms with Crippen molar-refractivity contribution >= 4 is 23.0 Å². The summed E-state index contributed by atoms with van der Waals surface area (Å²) < 4.78 is 0. The number of hydrogen-bond acceptors (Lipinski definition) is 3. The van der Waals surface area contributed by atoms with Crippen LogP contribution in [0.25, 0.3) is 0 Å². The summed E-state index contributed by atoms with van der Waals surface area (Å²) in [5.74, 6) is 0.0814. The lowest BCUT2D eigenvalue weighted by atomic mass is 9.92. The van der Waals surface area contributed by atoms with Gasteiger partial charge in [-0.05, 0) is 36.0 Å². The minimum atomic E-state index is 0.0814. The van der Waals surface area contributed by atoms with E-state index in [1.807, 2.05) is 12.1 Å². The van der Waals surface area contributed by atoms with Crippen LogP contribution in [0.5, 0.6) is 0 Å². The second-order valence-corrected chi connectivity index (χ2v) is 6.38. The number of carbonyl (C=O) groups excluding carboxylic acids is 1. The lowest BCUT2D eigenvalue weighted by Crippen LogP contribution is -2.20. The summed E-state index contributed by atoms with van der Waals surface area (Å²) in [6.07, 6.45) is 2.38. The highest BCUT2D eigenvalue weighted by atomic mass is 16.1. The third-order valence-corrected chi connectivity index (χ3v) is 3.36. The quantitative estimate of drug-likeness (QED) is 0.733. The molecule has 1 heterocycles. The van der Waals surface area contributed by atoms with Crippen LogP contribution in [0.1, 0.15) is 39.2 Å². The zero-order valence-electron chi connectivity index (χ0n) is 12.0. The van der Waals surface area contributed by atoms with E-state index in [1.165, 1.54) is 0 Å². The minimum absolute atomic E-state index is 0.0814. The number of nitrogen functional groups attached to an aromatic ring is 1. The molecule has 4 nitrogen and oxygen atoms in total. The Hall–Kier alpha value is -1.71. The van der Waals surface area contributed by atoms with Gasteiger partial charge in [0.05, 0.1) is 11.4 Å². The molecule has 0 aromatic heterocycles. The monoisotopic (exact) mass is 261 g/mol. The molecule has 0 radical (unpaired) electrons. The van der Waals surface area contributed by atoms with Crippen LogP contribution in [-0.4, -0.2) is 12.5 Å². The number of rotatable bonds is 3. The SMILES string of the molecule is CC(C)(C)CCNc1cc2c(cc1N)CCC(=O)N2. The van der Waals surface area contributed by atoms with E-state index in [4.69, 9.17) is 5.73 Å². The molecule has 1 aliphatic heterocycles. The molecule has 4 heteroatoms. The first kappa shape index (κ1) is 13.7. The van der Waals surface area contributed by atoms with Crippen molar-refractivity contribution in [3.63, 3.8) is 0 Å². The van der Waals surface area contributed by atoms with Gasteiger partial charge in [0.2, 0.25) is 5.91 Å². The standard InChI is InChI=1S/C15H23N3O/c1-15(2,3)6-7-17-13-9-12-10(8-11(13)16)4-5-14(19)18-12/h8-9,17H,4-7,16H2,1-3H3,(H,18,19). The Kier molecular flexibility index (Phi) is 3.69. The number of nitrogens with one attached hydrogen (secondary N) is 2. The number of fused-ring (bicyclic) bond motifs is 1. The van der Waals surface area contributed by atoms with Crippen molar-refractivity contribution < 1.29 is 4.79 Å². The second kappa shape index (κ2) is 5.11. The summed E-state index contributed by atoms with van der Waals surface area (Å²) in [6, 6.07) is 3.92. The van der Waals surface area contributed by atoms with E-state index in [-0.39, 0.29) is 5.91 Å². The van der Waals surface area contributed by atoms with Crippen LogP contribution < -0.4 is 16.4 Å². The number of nitrogens with two attached hydrogens (primary N) is 1.